The molecule has 32 heavy (non-hydrogen) atoms. The molecule has 0 amide bonds. The maximum absolute atomic E-state index is 13.5. The van der Waals surface area contributed by atoms with Crippen molar-refractivity contribution in [3.05, 3.63) is 89.8 Å². The molecule has 0 aromatic heterocycles. The van der Waals surface area contributed by atoms with Gasteiger partial charge in [0.05, 0.1) is 13.0 Å². The average molecular weight is 448 g/mol. The highest BCUT2D eigenvalue weighted by atomic mass is 32.2. The van der Waals surface area contributed by atoms with Gasteiger partial charge in [0, 0.05) is 10.5 Å². The van der Waals surface area contributed by atoms with Gasteiger partial charge in [-0.25, -0.2) is 4.79 Å². The van der Waals surface area contributed by atoms with Crippen LogP contribution in [-0.4, -0.2) is 29.1 Å². The molecule has 1 unspecified atom stereocenters. The van der Waals surface area contributed by atoms with Crippen molar-refractivity contribution in [3.8, 4) is 0 Å². The van der Waals surface area contributed by atoms with E-state index >= 15 is 0 Å². The molecule has 4 rings (SSSR count). The lowest BCUT2D eigenvalue weighted by Gasteiger charge is -2.26. The van der Waals surface area contributed by atoms with Crippen LogP contribution >= 0.6 is 11.8 Å². The first-order valence-corrected chi connectivity index (χ1v) is 10.9. The summed E-state index contributed by atoms with van der Waals surface area (Å²) in [5, 5.41) is 1.68. The molecule has 0 saturated carbocycles. The number of esters is 1. The average Bonchev–Trinajstić information content (AvgIpc) is 3.03. The van der Waals surface area contributed by atoms with Crippen molar-refractivity contribution >= 4 is 40.1 Å². The highest BCUT2D eigenvalue weighted by Gasteiger charge is 2.54. The van der Waals surface area contributed by atoms with Gasteiger partial charge in [0.1, 0.15) is 0 Å². The van der Waals surface area contributed by atoms with Gasteiger partial charge in [-0.15, -0.1) is 0 Å². The summed E-state index contributed by atoms with van der Waals surface area (Å²) in [4.78, 5) is 38.3. The second kappa shape index (κ2) is 8.88. The van der Waals surface area contributed by atoms with E-state index in [4.69, 9.17) is 15.2 Å². The van der Waals surface area contributed by atoms with Crippen LogP contribution in [0.1, 0.15) is 23.7 Å². The molecule has 3 aromatic carbocycles. The standard InChI is InChI=1S/C25H21NO5S/c1-2-30-24(29)21-22(28)25(31-23(21)26,32-17-11-4-3-5-12-17)15-20(27)19-14-8-10-16-9-6-7-13-18(16)19/h3-14H,2,15,26H2,1H3. The van der Waals surface area contributed by atoms with Crippen molar-refractivity contribution in [2.75, 3.05) is 6.61 Å². The number of benzene rings is 3. The zero-order chi connectivity index (χ0) is 22.7. The number of carbonyl (C=O) groups is 3. The van der Waals surface area contributed by atoms with Crippen molar-refractivity contribution in [2.24, 2.45) is 5.73 Å². The molecule has 1 aliphatic heterocycles. The Morgan fingerprint density at radius 3 is 2.44 bits per heavy atom. The third-order valence-electron chi connectivity index (χ3n) is 5.08. The van der Waals surface area contributed by atoms with Crippen molar-refractivity contribution in [3.63, 3.8) is 0 Å². The summed E-state index contributed by atoms with van der Waals surface area (Å²) in [5.74, 6) is -2.15. The molecule has 6 nitrogen and oxygen atoms in total. The third kappa shape index (κ3) is 3.99. The Balaban J connectivity index is 1.73. The maximum atomic E-state index is 13.5. The Hall–Kier alpha value is -3.58. The number of carbonyl (C=O) groups excluding carboxylic acids is 3. The summed E-state index contributed by atoms with van der Waals surface area (Å²) < 4.78 is 10.8. The number of fused-ring (bicyclic) bond motifs is 1. The SMILES string of the molecule is CCOC(=O)C1=C(N)OC(CC(=O)c2cccc3ccccc23)(Sc2ccccc2)C1=O. The quantitative estimate of drug-likeness (QED) is 0.329. The molecule has 1 aliphatic rings. The molecular weight excluding hydrogens is 426 g/mol. The number of ketones is 2. The summed E-state index contributed by atoms with van der Waals surface area (Å²) in [6.45, 7) is 1.71. The van der Waals surface area contributed by atoms with Crippen molar-refractivity contribution in [1.29, 1.82) is 0 Å². The molecule has 0 saturated heterocycles. The van der Waals surface area contributed by atoms with E-state index in [-0.39, 0.29) is 30.3 Å². The highest BCUT2D eigenvalue weighted by Crippen LogP contribution is 2.45. The van der Waals surface area contributed by atoms with Gasteiger partial charge in [-0.05, 0) is 29.8 Å². The van der Waals surface area contributed by atoms with Crippen LogP contribution < -0.4 is 5.73 Å². The summed E-state index contributed by atoms with van der Waals surface area (Å²) in [6, 6.07) is 22.0. The number of hydrogen-bond donors (Lipinski definition) is 1. The molecule has 0 radical (unpaired) electrons. The lowest BCUT2D eigenvalue weighted by atomic mass is 9.96. The van der Waals surface area contributed by atoms with Gasteiger partial charge in [-0.2, -0.15) is 0 Å². The maximum Gasteiger partial charge on any atom is 0.347 e. The smallest absolute Gasteiger partial charge is 0.347 e. The van der Waals surface area contributed by atoms with Gasteiger partial charge >= 0.3 is 5.97 Å². The van der Waals surface area contributed by atoms with Crippen molar-refractivity contribution < 1.29 is 23.9 Å². The number of thioether (sulfide) groups is 1. The summed E-state index contributed by atoms with van der Waals surface area (Å²) in [6.07, 6.45) is -0.303. The van der Waals surface area contributed by atoms with E-state index in [1.54, 1.807) is 31.2 Å². The first kappa shape index (κ1) is 21.6. The van der Waals surface area contributed by atoms with E-state index in [1.165, 1.54) is 0 Å². The zero-order valence-corrected chi connectivity index (χ0v) is 18.2. The van der Waals surface area contributed by atoms with Gasteiger partial charge in [0.2, 0.25) is 16.6 Å². The molecule has 0 bridgehead atoms. The molecule has 3 aromatic rings. The van der Waals surface area contributed by atoms with Gasteiger partial charge in [-0.3, -0.25) is 9.59 Å². The summed E-state index contributed by atoms with van der Waals surface area (Å²) in [7, 11) is 0. The predicted molar refractivity (Wildman–Crippen MR) is 122 cm³/mol. The molecule has 1 atom stereocenters. The Morgan fingerprint density at radius 1 is 1.00 bits per heavy atom. The van der Waals surface area contributed by atoms with E-state index in [0.717, 1.165) is 22.5 Å². The second-order valence-electron chi connectivity index (χ2n) is 7.19. The molecule has 162 valence electrons. The molecule has 7 heteroatoms. The van der Waals surface area contributed by atoms with E-state index in [0.29, 0.717) is 10.5 Å². The van der Waals surface area contributed by atoms with E-state index < -0.39 is 16.7 Å². The monoisotopic (exact) mass is 447 g/mol. The number of nitrogens with two attached hydrogens (primary N) is 1. The largest absolute Gasteiger partial charge is 0.462 e. The number of rotatable bonds is 7. The Bertz CT molecular complexity index is 1230. The Kier molecular flexibility index (Phi) is 6.01. The fourth-order valence-corrected chi connectivity index (χ4v) is 4.85. The lowest BCUT2D eigenvalue weighted by Crippen LogP contribution is -2.38. The van der Waals surface area contributed by atoms with Crippen LogP contribution in [-0.2, 0) is 19.1 Å². The minimum Gasteiger partial charge on any atom is -0.462 e. The van der Waals surface area contributed by atoms with Gasteiger partial charge in [0.25, 0.3) is 0 Å². The van der Waals surface area contributed by atoms with Crippen LogP contribution in [0.15, 0.2) is 89.1 Å². The van der Waals surface area contributed by atoms with E-state index in [9.17, 15) is 14.4 Å². The van der Waals surface area contributed by atoms with Crippen LogP contribution in [0.5, 0.6) is 0 Å². The minimum atomic E-state index is -1.71. The van der Waals surface area contributed by atoms with Crippen molar-refractivity contribution in [2.45, 2.75) is 23.2 Å². The predicted octanol–water partition coefficient (Wildman–Crippen LogP) is 4.23. The Morgan fingerprint density at radius 2 is 1.69 bits per heavy atom. The molecule has 2 N–H and O–H groups in total. The molecule has 1 heterocycles. The molecule has 0 aliphatic carbocycles. The fraction of sp³-hybridized carbons (Fsp3) is 0.160. The van der Waals surface area contributed by atoms with E-state index in [1.807, 2.05) is 48.5 Å². The third-order valence-corrected chi connectivity index (χ3v) is 6.33. The summed E-state index contributed by atoms with van der Waals surface area (Å²) in [5.41, 5.74) is 6.05. The highest BCUT2D eigenvalue weighted by molar-refractivity contribution is 8.01. The van der Waals surface area contributed by atoms with Gasteiger partial charge in [-0.1, -0.05) is 72.4 Å². The topological polar surface area (TPSA) is 95.7 Å². The minimum absolute atomic E-state index is 0.0800. The number of hydrogen-bond acceptors (Lipinski definition) is 7. The second-order valence-corrected chi connectivity index (χ2v) is 8.52. The number of Topliss-reactive ketones (excluding diaryl/α,β-unsaturated/α-hetero) is 2. The van der Waals surface area contributed by atoms with Crippen LogP contribution in [0.3, 0.4) is 0 Å². The zero-order valence-electron chi connectivity index (χ0n) is 17.4. The van der Waals surface area contributed by atoms with Gasteiger partial charge < -0.3 is 15.2 Å². The van der Waals surface area contributed by atoms with Crippen LogP contribution in [0.25, 0.3) is 10.8 Å². The molecule has 0 spiro atoms. The van der Waals surface area contributed by atoms with Gasteiger partial charge in [0.15, 0.2) is 11.4 Å². The van der Waals surface area contributed by atoms with E-state index in [2.05, 4.69) is 0 Å². The first-order valence-electron chi connectivity index (χ1n) is 10.1. The molecular formula is C25H21NO5S. The Labute approximate surface area is 189 Å². The first-order chi connectivity index (χ1) is 15.4. The normalized spacial score (nSPS) is 18.0. The molecule has 0 fully saturated rings. The van der Waals surface area contributed by atoms with Crippen LogP contribution in [0.4, 0.5) is 0 Å². The van der Waals surface area contributed by atoms with Crippen LogP contribution in [0.2, 0.25) is 0 Å². The fourth-order valence-electron chi connectivity index (χ4n) is 3.65. The summed E-state index contributed by atoms with van der Waals surface area (Å²) >= 11 is 1.06. The van der Waals surface area contributed by atoms with Crippen molar-refractivity contribution in [1.82, 2.24) is 0 Å². The lowest BCUT2D eigenvalue weighted by molar-refractivity contribution is -0.140. The number of ether oxygens (including phenoxy) is 2. The van der Waals surface area contributed by atoms with Crippen LogP contribution in [0, 0.1) is 0 Å².